The molecule has 0 unspecified atom stereocenters. The molecule has 27 heavy (non-hydrogen) atoms. The van der Waals surface area contributed by atoms with Gasteiger partial charge < -0.3 is 15.0 Å². The highest BCUT2D eigenvalue weighted by atomic mass is 16.5. The number of amides is 1. The highest BCUT2D eigenvalue weighted by molar-refractivity contribution is 6.00. The molecule has 0 aliphatic heterocycles. The van der Waals surface area contributed by atoms with E-state index in [4.69, 9.17) is 4.74 Å². The van der Waals surface area contributed by atoms with Crippen LogP contribution in [-0.2, 0) is 9.53 Å². The maximum atomic E-state index is 12.2. The minimum atomic E-state index is -0.538. The van der Waals surface area contributed by atoms with Crippen molar-refractivity contribution in [3.05, 3.63) is 59.7 Å². The molecule has 2 rings (SSSR count). The summed E-state index contributed by atoms with van der Waals surface area (Å²) in [6.45, 7) is 6.98. The van der Waals surface area contributed by atoms with E-state index in [0.29, 0.717) is 16.8 Å². The summed E-state index contributed by atoms with van der Waals surface area (Å²) >= 11 is 0. The van der Waals surface area contributed by atoms with Crippen LogP contribution in [0.5, 0.6) is 0 Å². The molecule has 1 amide bonds. The van der Waals surface area contributed by atoms with E-state index in [1.54, 1.807) is 36.4 Å². The Bertz CT molecular complexity index is 794. The molecule has 0 aromatic heterocycles. The highest BCUT2D eigenvalue weighted by Crippen LogP contribution is 2.16. The average molecular weight is 368 g/mol. The summed E-state index contributed by atoms with van der Waals surface area (Å²) in [5.74, 6) is -1.03. The van der Waals surface area contributed by atoms with Crippen molar-refractivity contribution in [2.75, 3.05) is 29.9 Å². The van der Waals surface area contributed by atoms with Gasteiger partial charge in [0.15, 0.2) is 12.4 Å². The number of nitrogens with zero attached hydrogens (tertiary/aromatic N) is 1. The number of hydrogen-bond donors (Lipinski definition) is 1. The van der Waals surface area contributed by atoms with Crippen molar-refractivity contribution >= 4 is 29.0 Å². The first kappa shape index (κ1) is 20.2. The van der Waals surface area contributed by atoms with Crippen LogP contribution in [0.4, 0.5) is 11.4 Å². The molecule has 0 aliphatic rings. The molecule has 0 bridgehead atoms. The lowest BCUT2D eigenvalue weighted by Crippen LogP contribution is -2.21. The molecule has 1 N–H and O–H groups in total. The lowest BCUT2D eigenvalue weighted by Gasteiger charge is -2.20. The van der Waals surface area contributed by atoms with Crippen molar-refractivity contribution in [1.29, 1.82) is 0 Å². The second-order valence-electron chi connectivity index (χ2n) is 5.98. The Kier molecular flexibility index (Phi) is 7.11. The van der Waals surface area contributed by atoms with Crippen LogP contribution in [0, 0.1) is 0 Å². The van der Waals surface area contributed by atoms with Crippen LogP contribution in [0.1, 0.15) is 41.5 Å². The normalized spacial score (nSPS) is 10.2. The number of carbonyl (C=O) groups is 3. The van der Waals surface area contributed by atoms with Gasteiger partial charge in [0, 0.05) is 37.0 Å². The summed E-state index contributed by atoms with van der Waals surface area (Å²) in [4.78, 5) is 37.5. The van der Waals surface area contributed by atoms with E-state index in [-0.39, 0.29) is 18.3 Å². The van der Waals surface area contributed by atoms with Crippen LogP contribution < -0.4 is 10.2 Å². The van der Waals surface area contributed by atoms with Crippen molar-refractivity contribution in [3.8, 4) is 0 Å². The number of anilines is 2. The van der Waals surface area contributed by atoms with Crippen molar-refractivity contribution < 1.29 is 19.1 Å². The van der Waals surface area contributed by atoms with Crippen LogP contribution in [0.2, 0.25) is 0 Å². The summed E-state index contributed by atoms with van der Waals surface area (Å²) < 4.78 is 5.12. The number of esters is 1. The van der Waals surface area contributed by atoms with Crippen LogP contribution >= 0.6 is 0 Å². The van der Waals surface area contributed by atoms with Gasteiger partial charge in [-0.2, -0.15) is 0 Å². The smallest absolute Gasteiger partial charge is 0.338 e. The fraction of sp³-hybridized carbons (Fsp3) is 0.286. The summed E-state index contributed by atoms with van der Waals surface area (Å²) in [7, 11) is 0. The Morgan fingerprint density at radius 3 is 1.96 bits per heavy atom. The average Bonchev–Trinajstić information content (AvgIpc) is 2.67. The monoisotopic (exact) mass is 368 g/mol. The van der Waals surface area contributed by atoms with Gasteiger partial charge >= 0.3 is 5.97 Å². The molecule has 0 aliphatic carbocycles. The predicted molar refractivity (Wildman–Crippen MR) is 105 cm³/mol. The quantitative estimate of drug-likeness (QED) is 0.570. The van der Waals surface area contributed by atoms with Crippen molar-refractivity contribution in [3.63, 3.8) is 0 Å². The predicted octanol–water partition coefficient (Wildman–Crippen LogP) is 3.53. The largest absolute Gasteiger partial charge is 0.454 e. The Morgan fingerprint density at radius 2 is 1.44 bits per heavy atom. The van der Waals surface area contributed by atoms with Gasteiger partial charge in [-0.1, -0.05) is 0 Å². The molecule has 0 radical (unpaired) electrons. The number of Topliss-reactive ketones (excluding diaryl/α,β-unsaturated/α-hetero) is 1. The lowest BCUT2D eigenvalue weighted by molar-refractivity contribution is -0.114. The van der Waals surface area contributed by atoms with Crippen LogP contribution in [0.25, 0.3) is 0 Å². The van der Waals surface area contributed by atoms with E-state index in [0.717, 1.165) is 18.8 Å². The Morgan fingerprint density at radius 1 is 0.889 bits per heavy atom. The third-order valence-electron chi connectivity index (χ3n) is 4.09. The molecule has 0 heterocycles. The highest BCUT2D eigenvalue weighted by Gasteiger charge is 2.12. The minimum absolute atomic E-state index is 0.185. The molecule has 142 valence electrons. The van der Waals surface area contributed by atoms with Crippen LogP contribution in [-0.4, -0.2) is 37.4 Å². The van der Waals surface area contributed by atoms with Crippen molar-refractivity contribution in [2.45, 2.75) is 20.8 Å². The molecule has 0 spiro atoms. The van der Waals surface area contributed by atoms with E-state index in [9.17, 15) is 14.4 Å². The van der Waals surface area contributed by atoms with Crippen molar-refractivity contribution in [2.24, 2.45) is 0 Å². The van der Waals surface area contributed by atoms with Crippen molar-refractivity contribution in [1.82, 2.24) is 0 Å². The van der Waals surface area contributed by atoms with Gasteiger partial charge in [0.05, 0.1) is 5.56 Å². The molecule has 0 atom stereocenters. The van der Waals surface area contributed by atoms with Crippen LogP contribution in [0.15, 0.2) is 48.5 Å². The summed E-state index contributed by atoms with van der Waals surface area (Å²) in [6, 6.07) is 13.6. The number of nitrogens with one attached hydrogen (secondary N) is 1. The van der Waals surface area contributed by atoms with Gasteiger partial charge in [0.1, 0.15) is 0 Å². The van der Waals surface area contributed by atoms with Gasteiger partial charge in [0.2, 0.25) is 5.91 Å². The summed E-state index contributed by atoms with van der Waals surface area (Å²) in [6.07, 6.45) is 0. The zero-order valence-electron chi connectivity index (χ0n) is 15.8. The second kappa shape index (κ2) is 9.52. The number of ketones is 1. The Labute approximate surface area is 159 Å². The van der Waals surface area contributed by atoms with Gasteiger partial charge in [-0.3, -0.25) is 9.59 Å². The first-order chi connectivity index (χ1) is 12.9. The molecule has 0 fully saturated rings. The SMILES string of the molecule is CCN(CC)c1ccc(C(=O)OCC(=O)c2ccc(NC(C)=O)cc2)cc1. The number of ether oxygens (including phenoxy) is 1. The number of carbonyl (C=O) groups excluding carboxylic acids is 3. The maximum absolute atomic E-state index is 12.2. The van der Waals surface area contributed by atoms with Gasteiger partial charge in [-0.05, 0) is 62.4 Å². The molecule has 0 saturated carbocycles. The maximum Gasteiger partial charge on any atom is 0.338 e. The summed E-state index contributed by atoms with van der Waals surface area (Å²) in [5, 5.41) is 2.62. The zero-order valence-corrected chi connectivity index (χ0v) is 15.8. The first-order valence-corrected chi connectivity index (χ1v) is 8.87. The van der Waals surface area contributed by atoms with Gasteiger partial charge in [-0.15, -0.1) is 0 Å². The fourth-order valence-electron chi connectivity index (χ4n) is 2.64. The van der Waals surface area contributed by atoms with Gasteiger partial charge in [0.25, 0.3) is 0 Å². The van der Waals surface area contributed by atoms with E-state index in [1.165, 1.54) is 6.92 Å². The summed E-state index contributed by atoms with van der Waals surface area (Å²) in [5.41, 5.74) is 2.45. The Hall–Kier alpha value is -3.15. The van der Waals surface area contributed by atoms with Gasteiger partial charge in [-0.25, -0.2) is 4.79 Å². The van der Waals surface area contributed by atoms with E-state index < -0.39 is 5.97 Å². The number of hydrogen-bond acceptors (Lipinski definition) is 5. The lowest BCUT2D eigenvalue weighted by atomic mass is 10.1. The van der Waals surface area contributed by atoms with E-state index in [1.807, 2.05) is 12.1 Å². The molecule has 2 aromatic rings. The third kappa shape index (κ3) is 5.67. The van der Waals surface area contributed by atoms with Crippen LogP contribution in [0.3, 0.4) is 0 Å². The fourth-order valence-corrected chi connectivity index (χ4v) is 2.64. The standard InChI is InChI=1S/C21H24N2O4/c1-4-23(5-2)19-12-8-17(9-13-19)21(26)27-14-20(25)16-6-10-18(11-7-16)22-15(3)24/h6-13H,4-5,14H2,1-3H3,(H,22,24). The Balaban J connectivity index is 1.92. The molecule has 6 nitrogen and oxygen atoms in total. The second-order valence-corrected chi connectivity index (χ2v) is 5.98. The molecule has 0 saturated heterocycles. The molecular formula is C21H24N2O4. The molecular weight excluding hydrogens is 344 g/mol. The minimum Gasteiger partial charge on any atom is -0.454 e. The number of rotatable bonds is 8. The number of benzene rings is 2. The van der Waals surface area contributed by atoms with E-state index in [2.05, 4.69) is 24.1 Å². The van der Waals surface area contributed by atoms with E-state index >= 15 is 0 Å². The first-order valence-electron chi connectivity index (χ1n) is 8.87. The topological polar surface area (TPSA) is 75.7 Å². The third-order valence-corrected chi connectivity index (χ3v) is 4.09. The zero-order chi connectivity index (χ0) is 19.8. The molecule has 2 aromatic carbocycles. The molecule has 6 heteroatoms.